The van der Waals surface area contributed by atoms with Crippen molar-refractivity contribution in [2.45, 2.75) is 40.7 Å². The minimum absolute atomic E-state index is 0.539. The molecule has 1 N–H and O–H groups in total. The number of nitrogens with zero attached hydrogens (tertiary/aromatic N) is 1. The molecule has 0 radical (unpaired) electrons. The monoisotopic (exact) mass is 224 g/mol. The van der Waals surface area contributed by atoms with E-state index in [4.69, 9.17) is 0 Å². The molecular formula is C12H20N2S. The summed E-state index contributed by atoms with van der Waals surface area (Å²) in [5, 5.41) is 4.55. The maximum Gasteiger partial charge on any atom is 0.0903 e. The van der Waals surface area contributed by atoms with Gasteiger partial charge in [-0.05, 0) is 26.8 Å². The SMILES string of the molecule is CC(=Cc1sc(C)nc1C)CNC(C)C. The van der Waals surface area contributed by atoms with Crippen LogP contribution in [0.15, 0.2) is 5.57 Å². The highest BCUT2D eigenvalue weighted by molar-refractivity contribution is 7.12. The zero-order valence-electron chi connectivity index (χ0n) is 10.2. The van der Waals surface area contributed by atoms with E-state index in [9.17, 15) is 0 Å². The van der Waals surface area contributed by atoms with Gasteiger partial charge < -0.3 is 5.32 Å². The van der Waals surface area contributed by atoms with E-state index in [0.29, 0.717) is 6.04 Å². The van der Waals surface area contributed by atoms with Gasteiger partial charge in [-0.1, -0.05) is 19.4 Å². The molecule has 1 rings (SSSR count). The fourth-order valence-electron chi connectivity index (χ4n) is 1.32. The maximum absolute atomic E-state index is 4.41. The van der Waals surface area contributed by atoms with Gasteiger partial charge in [0.15, 0.2) is 0 Å². The number of thiazole rings is 1. The number of aromatic nitrogens is 1. The Kier molecular flexibility index (Phi) is 4.48. The van der Waals surface area contributed by atoms with Gasteiger partial charge in [0.1, 0.15) is 0 Å². The van der Waals surface area contributed by atoms with E-state index >= 15 is 0 Å². The molecule has 2 nitrogen and oxygen atoms in total. The maximum atomic E-state index is 4.41. The second-order valence-electron chi connectivity index (χ2n) is 4.21. The van der Waals surface area contributed by atoms with Crippen LogP contribution in [-0.2, 0) is 0 Å². The average Bonchev–Trinajstić information content (AvgIpc) is 2.42. The number of aryl methyl sites for hydroxylation is 2. The highest BCUT2D eigenvalue weighted by Crippen LogP contribution is 2.19. The van der Waals surface area contributed by atoms with Gasteiger partial charge in [-0.25, -0.2) is 4.98 Å². The molecule has 0 aliphatic heterocycles. The smallest absolute Gasteiger partial charge is 0.0903 e. The van der Waals surface area contributed by atoms with E-state index in [1.807, 2.05) is 0 Å². The van der Waals surface area contributed by atoms with Crippen molar-refractivity contribution >= 4 is 17.4 Å². The summed E-state index contributed by atoms with van der Waals surface area (Å²) in [6.45, 7) is 11.6. The van der Waals surface area contributed by atoms with Crippen molar-refractivity contribution in [3.05, 3.63) is 21.2 Å². The Morgan fingerprint density at radius 1 is 1.47 bits per heavy atom. The molecule has 0 fully saturated rings. The lowest BCUT2D eigenvalue weighted by molar-refractivity contribution is 0.623. The molecule has 0 saturated heterocycles. The average molecular weight is 224 g/mol. The summed E-state index contributed by atoms with van der Waals surface area (Å²) in [5.41, 5.74) is 2.50. The summed E-state index contributed by atoms with van der Waals surface area (Å²) in [5.74, 6) is 0. The zero-order chi connectivity index (χ0) is 11.4. The summed E-state index contributed by atoms with van der Waals surface area (Å²) in [7, 11) is 0. The van der Waals surface area contributed by atoms with Crippen molar-refractivity contribution in [1.82, 2.24) is 10.3 Å². The number of hydrogen-bond donors (Lipinski definition) is 1. The number of hydrogen-bond acceptors (Lipinski definition) is 3. The van der Waals surface area contributed by atoms with Gasteiger partial charge in [0.05, 0.1) is 15.6 Å². The largest absolute Gasteiger partial charge is 0.311 e. The Bertz CT molecular complexity index is 351. The predicted molar refractivity (Wildman–Crippen MR) is 68.4 cm³/mol. The molecule has 0 unspecified atom stereocenters. The van der Waals surface area contributed by atoms with E-state index in [2.05, 4.69) is 51.0 Å². The van der Waals surface area contributed by atoms with Gasteiger partial charge in [0.25, 0.3) is 0 Å². The Hall–Kier alpha value is -0.670. The molecule has 0 bridgehead atoms. The third-order valence-electron chi connectivity index (χ3n) is 2.11. The highest BCUT2D eigenvalue weighted by atomic mass is 32.1. The molecule has 1 aromatic heterocycles. The summed E-state index contributed by atoms with van der Waals surface area (Å²) in [6.07, 6.45) is 2.23. The van der Waals surface area contributed by atoms with Crippen LogP contribution in [0.25, 0.3) is 6.08 Å². The molecule has 15 heavy (non-hydrogen) atoms. The second kappa shape index (κ2) is 5.42. The topological polar surface area (TPSA) is 24.9 Å². The van der Waals surface area contributed by atoms with E-state index < -0.39 is 0 Å². The van der Waals surface area contributed by atoms with Crippen molar-refractivity contribution in [3.8, 4) is 0 Å². The van der Waals surface area contributed by atoms with Crippen LogP contribution in [0.4, 0.5) is 0 Å². The Balaban J connectivity index is 2.65. The highest BCUT2D eigenvalue weighted by Gasteiger charge is 2.02. The standard InChI is InChI=1S/C12H20N2S/c1-8(2)13-7-9(3)6-12-10(4)14-11(5)15-12/h6,8,13H,7H2,1-5H3. The molecule has 0 aliphatic rings. The van der Waals surface area contributed by atoms with Gasteiger partial charge in [-0.3, -0.25) is 0 Å². The third-order valence-corrected chi connectivity index (χ3v) is 3.13. The van der Waals surface area contributed by atoms with Crippen LogP contribution < -0.4 is 5.32 Å². The first-order valence-electron chi connectivity index (χ1n) is 5.33. The molecule has 3 heteroatoms. The van der Waals surface area contributed by atoms with Crippen LogP contribution in [0.2, 0.25) is 0 Å². The van der Waals surface area contributed by atoms with Crippen LogP contribution in [0.5, 0.6) is 0 Å². The lowest BCUT2D eigenvalue weighted by Gasteiger charge is -2.07. The van der Waals surface area contributed by atoms with E-state index in [0.717, 1.165) is 17.2 Å². The van der Waals surface area contributed by atoms with Crippen LogP contribution >= 0.6 is 11.3 Å². The first-order valence-corrected chi connectivity index (χ1v) is 6.15. The Morgan fingerprint density at radius 3 is 2.60 bits per heavy atom. The van der Waals surface area contributed by atoms with E-state index in [1.54, 1.807) is 11.3 Å². The van der Waals surface area contributed by atoms with Crippen molar-refractivity contribution in [2.75, 3.05) is 6.54 Å². The number of nitrogens with one attached hydrogen (secondary N) is 1. The lowest BCUT2D eigenvalue weighted by atomic mass is 10.2. The summed E-state index contributed by atoms with van der Waals surface area (Å²) in [4.78, 5) is 5.70. The van der Waals surface area contributed by atoms with Crippen LogP contribution in [0.3, 0.4) is 0 Å². The van der Waals surface area contributed by atoms with Gasteiger partial charge in [0.2, 0.25) is 0 Å². The van der Waals surface area contributed by atoms with Gasteiger partial charge in [0, 0.05) is 12.6 Å². The van der Waals surface area contributed by atoms with Crippen molar-refractivity contribution in [2.24, 2.45) is 0 Å². The van der Waals surface area contributed by atoms with Gasteiger partial charge in [-0.15, -0.1) is 11.3 Å². The van der Waals surface area contributed by atoms with Crippen LogP contribution in [0.1, 0.15) is 36.3 Å². The molecule has 1 heterocycles. The van der Waals surface area contributed by atoms with E-state index in [1.165, 1.54) is 10.5 Å². The quantitative estimate of drug-likeness (QED) is 0.849. The van der Waals surface area contributed by atoms with Crippen molar-refractivity contribution < 1.29 is 0 Å². The predicted octanol–water partition coefficient (Wildman–Crippen LogP) is 3.16. The first-order chi connectivity index (χ1) is 6.99. The Labute approximate surface area is 96.4 Å². The fourth-order valence-corrected chi connectivity index (χ4v) is 2.28. The Morgan fingerprint density at radius 2 is 2.13 bits per heavy atom. The molecular weight excluding hydrogens is 204 g/mol. The van der Waals surface area contributed by atoms with E-state index in [-0.39, 0.29) is 0 Å². The molecule has 1 aromatic rings. The lowest BCUT2D eigenvalue weighted by Crippen LogP contribution is -2.24. The van der Waals surface area contributed by atoms with Gasteiger partial charge >= 0.3 is 0 Å². The first kappa shape index (κ1) is 12.4. The normalized spacial score (nSPS) is 12.5. The summed E-state index contributed by atoms with van der Waals surface area (Å²) in [6, 6.07) is 0.539. The molecule has 0 aromatic carbocycles. The molecule has 0 atom stereocenters. The molecule has 0 saturated carbocycles. The second-order valence-corrected chi connectivity index (χ2v) is 5.44. The van der Waals surface area contributed by atoms with Crippen molar-refractivity contribution in [3.63, 3.8) is 0 Å². The minimum atomic E-state index is 0.539. The zero-order valence-corrected chi connectivity index (χ0v) is 11.0. The van der Waals surface area contributed by atoms with Crippen LogP contribution in [-0.4, -0.2) is 17.6 Å². The molecule has 84 valence electrons. The molecule has 0 amide bonds. The van der Waals surface area contributed by atoms with Crippen LogP contribution in [0, 0.1) is 13.8 Å². The molecule has 0 spiro atoms. The number of rotatable bonds is 4. The van der Waals surface area contributed by atoms with Crippen molar-refractivity contribution in [1.29, 1.82) is 0 Å². The summed E-state index contributed by atoms with van der Waals surface area (Å²) >= 11 is 1.76. The third kappa shape index (κ3) is 4.14. The fraction of sp³-hybridized carbons (Fsp3) is 0.583. The summed E-state index contributed by atoms with van der Waals surface area (Å²) < 4.78 is 0. The van der Waals surface area contributed by atoms with Gasteiger partial charge in [-0.2, -0.15) is 0 Å². The molecule has 0 aliphatic carbocycles. The minimum Gasteiger partial charge on any atom is -0.311 e.